The Balaban J connectivity index is 0.00000400. The molecule has 0 amide bonds. The molecule has 0 saturated heterocycles. The van der Waals surface area contributed by atoms with Crippen LogP contribution in [0.15, 0.2) is 140 Å². The van der Waals surface area contributed by atoms with Crippen LogP contribution in [0.3, 0.4) is 0 Å². The number of aromatic nitrogens is 3. The Morgan fingerprint density at radius 3 is 2.13 bits per heavy atom. The number of rotatable bonds is 6. The number of anilines is 3. The molecule has 0 bridgehead atoms. The molecule has 0 saturated carbocycles. The maximum atomic E-state index is 6.61. The summed E-state index contributed by atoms with van der Waals surface area (Å²) in [6.07, 6.45) is 3.66. The maximum Gasteiger partial charge on any atom is 0.135 e. The molecule has 5 aromatic carbocycles. The quantitative estimate of drug-likeness (QED) is 0.156. The predicted octanol–water partition coefficient (Wildman–Crippen LogP) is 11.3. The van der Waals surface area contributed by atoms with Gasteiger partial charge in [0.05, 0.1) is 0 Å². The Kier molecular flexibility index (Phi) is 8.88. The molecule has 0 unspecified atom stereocenters. The van der Waals surface area contributed by atoms with Gasteiger partial charge >= 0.3 is 0 Å². The van der Waals surface area contributed by atoms with E-state index in [0.717, 1.165) is 66.9 Å². The zero-order chi connectivity index (χ0) is 35.4. The standard InChI is InChI=1S/C46H36N5O.Pt/c1-46(2,3)34-21-23-47-43(26-34)51-39-20-19-33(31-13-7-5-8-14-31)25-38(39)45-37(32-15-9-6-10-16-32)28-36(29-42(45)51)52-44-27-35(22-24-48-44)50-30-49(4)40-17-11-12-18-41(40)50;/h5-26,28,30H,1-4H3;/q-3;. The number of fused-ring (bicyclic) bond motifs is 4. The van der Waals surface area contributed by atoms with Gasteiger partial charge in [0.2, 0.25) is 0 Å². The van der Waals surface area contributed by atoms with E-state index in [1.807, 2.05) is 44.2 Å². The molecule has 0 spiro atoms. The molecular formula is C46H36N5OPt-3. The third-order valence-electron chi connectivity index (χ3n) is 9.72. The van der Waals surface area contributed by atoms with Gasteiger partial charge in [-0.2, -0.15) is 24.5 Å². The van der Waals surface area contributed by atoms with E-state index in [0.29, 0.717) is 11.6 Å². The van der Waals surface area contributed by atoms with E-state index < -0.39 is 0 Å². The van der Waals surface area contributed by atoms with Crippen molar-refractivity contribution in [3.8, 4) is 39.7 Å². The summed E-state index contributed by atoms with van der Waals surface area (Å²) < 4.78 is 8.83. The van der Waals surface area contributed by atoms with E-state index >= 15 is 0 Å². The Hall–Kier alpha value is -5.71. The summed E-state index contributed by atoms with van der Waals surface area (Å²) in [6, 6.07) is 51.4. The number of para-hydroxylation sites is 2. The van der Waals surface area contributed by atoms with Gasteiger partial charge in [-0.25, -0.2) is 4.98 Å². The minimum atomic E-state index is -0.0568. The second kappa shape index (κ2) is 13.7. The summed E-state index contributed by atoms with van der Waals surface area (Å²) in [5.41, 5.74) is 10.5. The van der Waals surface area contributed by atoms with Gasteiger partial charge in [0.1, 0.15) is 11.7 Å². The van der Waals surface area contributed by atoms with Crippen LogP contribution in [0.4, 0.5) is 17.1 Å². The fourth-order valence-electron chi connectivity index (χ4n) is 7.11. The van der Waals surface area contributed by atoms with Crippen LogP contribution in [-0.4, -0.2) is 21.6 Å². The van der Waals surface area contributed by atoms with Crippen molar-refractivity contribution in [3.63, 3.8) is 0 Å². The summed E-state index contributed by atoms with van der Waals surface area (Å²) in [7, 11) is 2.04. The second-order valence-electron chi connectivity index (χ2n) is 14.2. The zero-order valence-electron chi connectivity index (χ0n) is 29.8. The van der Waals surface area contributed by atoms with Crippen LogP contribution in [0.1, 0.15) is 26.3 Å². The summed E-state index contributed by atoms with van der Waals surface area (Å²) >= 11 is 0. The van der Waals surface area contributed by atoms with Crippen molar-refractivity contribution in [2.45, 2.75) is 26.2 Å². The summed E-state index contributed by atoms with van der Waals surface area (Å²) in [5, 5.41) is 2.19. The average molecular weight is 870 g/mol. The summed E-state index contributed by atoms with van der Waals surface area (Å²) in [6.45, 7) is 8.73. The molecule has 1 aliphatic rings. The second-order valence-corrected chi connectivity index (χ2v) is 14.2. The predicted molar refractivity (Wildman–Crippen MR) is 211 cm³/mol. The van der Waals surface area contributed by atoms with Crippen LogP contribution in [0.25, 0.3) is 49.9 Å². The Morgan fingerprint density at radius 2 is 1.38 bits per heavy atom. The van der Waals surface area contributed by atoms with E-state index in [-0.39, 0.29) is 26.5 Å². The van der Waals surface area contributed by atoms with E-state index in [9.17, 15) is 0 Å². The molecule has 7 heteroatoms. The van der Waals surface area contributed by atoms with Gasteiger partial charge in [-0.3, -0.25) is 4.98 Å². The molecule has 9 rings (SSSR count). The number of nitrogens with zero attached hydrogens (tertiary/aromatic N) is 5. The molecule has 0 aliphatic carbocycles. The molecule has 6 nitrogen and oxygen atoms in total. The van der Waals surface area contributed by atoms with E-state index in [2.05, 4.69) is 155 Å². The first kappa shape index (κ1) is 34.4. The summed E-state index contributed by atoms with van der Waals surface area (Å²) in [5.74, 6) is 1.72. The smallest absolute Gasteiger partial charge is 0.135 e. The molecule has 0 radical (unpaired) electrons. The molecule has 53 heavy (non-hydrogen) atoms. The molecule has 0 fully saturated rings. The summed E-state index contributed by atoms with van der Waals surface area (Å²) in [4.78, 5) is 13.7. The third kappa shape index (κ3) is 6.27. The van der Waals surface area contributed by atoms with Crippen molar-refractivity contribution < 1.29 is 25.8 Å². The van der Waals surface area contributed by atoms with Crippen molar-refractivity contribution in [1.82, 2.24) is 14.5 Å². The molecule has 264 valence electrons. The molecule has 1 aliphatic heterocycles. The number of benzene rings is 5. The molecule has 4 heterocycles. The molecule has 8 aromatic rings. The van der Waals surface area contributed by atoms with Crippen LogP contribution >= 0.6 is 0 Å². The zero-order valence-corrected chi connectivity index (χ0v) is 32.1. The van der Waals surface area contributed by atoms with Crippen LogP contribution in [0, 0.1) is 18.8 Å². The monoisotopic (exact) mass is 869 g/mol. The van der Waals surface area contributed by atoms with Gasteiger partial charge in [0.25, 0.3) is 0 Å². The van der Waals surface area contributed by atoms with Gasteiger partial charge in [0.15, 0.2) is 0 Å². The minimum Gasteiger partial charge on any atom is -0.504 e. The average Bonchev–Trinajstić information content (AvgIpc) is 3.69. The molecule has 0 atom stereocenters. The number of hydrogen-bond donors (Lipinski definition) is 0. The van der Waals surface area contributed by atoms with Gasteiger partial charge in [-0.1, -0.05) is 117 Å². The van der Waals surface area contributed by atoms with Crippen LogP contribution in [0.5, 0.6) is 11.6 Å². The maximum absolute atomic E-state index is 6.61. The van der Waals surface area contributed by atoms with E-state index in [1.54, 1.807) is 6.20 Å². The van der Waals surface area contributed by atoms with Crippen molar-refractivity contribution in [2.24, 2.45) is 0 Å². The number of ether oxygens (including phenoxy) is 1. The fourth-order valence-corrected chi connectivity index (χ4v) is 7.11. The van der Waals surface area contributed by atoms with Gasteiger partial charge in [0, 0.05) is 49.9 Å². The molecule has 3 aromatic heterocycles. The first-order valence-electron chi connectivity index (χ1n) is 17.5. The number of pyridine rings is 2. The SMILES string of the molecule is CN1[CH-]N(c2[c-]c(Oc3[c-]c4c(c(-c5ccccc5)c3)c3cc(-c5ccccc5)ccc3n4-c3cc(C(C)(C)C)ccn3)ncc2)c2ccccc21.[Pt]. The minimum absolute atomic E-state index is 0. The molecule has 0 N–H and O–H groups in total. The van der Waals surface area contributed by atoms with Gasteiger partial charge in [-0.15, -0.1) is 17.7 Å². The van der Waals surface area contributed by atoms with Gasteiger partial charge in [-0.05, 0) is 76.6 Å². The van der Waals surface area contributed by atoms with Crippen molar-refractivity contribution in [2.75, 3.05) is 16.8 Å². The van der Waals surface area contributed by atoms with E-state index in [1.165, 1.54) is 5.56 Å². The van der Waals surface area contributed by atoms with Crippen LogP contribution in [-0.2, 0) is 26.5 Å². The van der Waals surface area contributed by atoms with Crippen molar-refractivity contribution in [3.05, 3.63) is 164 Å². The normalized spacial score (nSPS) is 12.6. The van der Waals surface area contributed by atoms with Gasteiger partial charge < -0.3 is 19.1 Å². The van der Waals surface area contributed by atoms with E-state index in [4.69, 9.17) is 9.72 Å². The van der Waals surface area contributed by atoms with Crippen LogP contribution < -0.4 is 14.5 Å². The third-order valence-corrected chi connectivity index (χ3v) is 9.72. The Morgan fingerprint density at radius 1 is 0.679 bits per heavy atom. The largest absolute Gasteiger partial charge is 0.504 e. The van der Waals surface area contributed by atoms with Crippen molar-refractivity contribution >= 4 is 38.9 Å². The van der Waals surface area contributed by atoms with Crippen molar-refractivity contribution in [1.29, 1.82) is 0 Å². The Labute approximate surface area is 324 Å². The fraction of sp³-hybridized carbons (Fsp3) is 0.109. The first-order valence-corrected chi connectivity index (χ1v) is 17.5. The topological polar surface area (TPSA) is 46.4 Å². The van der Waals surface area contributed by atoms with Crippen LogP contribution in [0.2, 0.25) is 0 Å². The number of hydrogen-bond acceptors (Lipinski definition) is 5. The first-order chi connectivity index (χ1) is 25.3. The molecular weight excluding hydrogens is 834 g/mol. The Bertz CT molecular complexity index is 2590.